The molecule has 0 aromatic heterocycles. The highest BCUT2D eigenvalue weighted by Crippen LogP contribution is 2.48. The molecule has 122 valence electrons. The maximum Gasteiger partial charge on any atom is 0.150 e. The molecule has 1 atom stereocenters. The molecule has 1 aliphatic carbocycles. The van der Waals surface area contributed by atoms with Gasteiger partial charge < -0.3 is 0 Å². The highest BCUT2D eigenvalue weighted by Gasteiger charge is 2.49. The Morgan fingerprint density at radius 1 is 1.13 bits per heavy atom. The van der Waals surface area contributed by atoms with Gasteiger partial charge in [0.15, 0.2) is 5.78 Å². The fourth-order valence-electron chi connectivity index (χ4n) is 4.25. The van der Waals surface area contributed by atoms with Crippen LogP contribution in [0.15, 0.2) is 42.5 Å². The third-order valence-electron chi connectivity index (χ3n) is 5.41. The number of ketones is 1. The molecule has 0 heterocycles. The number of rotatable bonds is 6. The van der Waals surface area contributed by atoms with Crippen molar-refractivity contribution in [1.82, 2.24) is 4.90 Å². The lowest BCUT2D eigenvalue weighted by atomic mass is 9.58. The van der Waals surface area contributed by atoms with E-state index in [0.29, 0.717) is 12.2 Å². The zero-order valence-corrected chi connectivity index (χ0v) is 14.5. The zero-order chi connectivity index (χ0) is 16.4. The van der Waals surface area contributed by atoms with Gasteiger partial charge in [-0.05, 0) is 49.7 Å². The minimum Gasteiger partial charge on any atom is -0.299 e. The number of likely N-dealkylation sites (N-methyl/N-ethyl adjacent to an activating group) is 1. The lowest BCUT2D eigenvalue weighted by Crippen LogP contribution is -2.56. The number of Topliss-reactive ketones (excluding diaryl/α,β-unsaturated/α-hetero) is 1. The van der Waals surface area contributed by atoms with E-state index in [1.807, 2.05) is 0 Å². The third-order valence-corrected chi connectivity index (χ3v) is 5.41. The Bertz CT molecular complexity index is 700. The predicted molar refractivity (Wildman–Crippen MR) is 96.9 cm³/mol. The van der Waals surface area contributed by atoms with Crippen LogP contribution in [-0.4, -0.2) is 30.8 Å². The van der Waals surface area contributed by atoms with E-state index in [2.05, 4.69) is 68.4 Å². The Labute approximate surface area is 139 Å². The summed E-state index contributed by atoms with van der Waals surface area (Å²) in [6.07, 6.45) is 5.05. The van der Waals surface area contributed by atoms with Gasteiger partial charge in [0.05, 0.1) is 6.04 Å². The molecule has 2 aromatic rings. The van der Waals surface area contributed by atoms with Gasteiger partial charge in [0.25, 0.3) is 0 Å². The van der Waals surface area contributed by atoms with Gasteiger partial charge in [0.1, 0.15) is 0 Å². The Balaban J connectivity index is 2.05. The van der Waals surface area contributed by atoms with E-state index in [9.17, 15) is 4.79 Å². The molecule has 0 N–H and O–H groups in total. The molecular weight excluding hydrogens is 282 g/mol. The molecule has 0 radical (unpaired) electrons. The highest BCUT2D eigenvalue weighted by atomic mass is 16.1. The number of benzene rings is 2. The molecule has 1 unspecified atom stereocenters. The standard InChI is InChI=1S/C21H27NO/c1-4-8-19(23)20(22(2)3)21(13-7-14-21)18-12-11-16-9-5-6-10-17(16)15-18/h5-6,9-12,15,20H,4,7-8,13-14H2,1-3H3. The number of fused-ring (bicyclic) bond motifs is 1. The van der Waals surface area contributed by atoms with E-state index in [1.54, 1.807) is 0 Å². The summed E-state index contributed by atoms with van der Waals surface area (Å²) in [7, 11) is 4.11. The van der Waals surface area contributed by atoms with E-state index >= 15 is 0 Å². The molecule has 1 aliphatic rings. The van der Waals surface area contributed by atoms with Gasteiger partial charge in [0.2, 0.25) is 0 Å². The molecule has 0 spiro atoms. The number of carbonyl (C=O) groups is 1. The van der Waals surface area contributed by atoms with E-state index < -0.39 is 0 Å². The number of carbonyl (C=O) groups excluding carboxylic acids is 1. The number of hydrogen-bond acceptors (Lipinski definition) is 2. The molecule has 1 fully saturated rings. The monoisotopic (exact) mass is 309 g/mol. The summed E-state index contributed by atoms with van der Waals surface area (Å²) in [6.45, 7) is 2.09. The molecule has 2 aromatic carbocycles. The molecule has 0 bridgehead atoms. The predicted octanol–water partition coefficient (Wildman–Crippen LogP) is 4.56. The average Bonchev–Trinajstić information content (AvgIpc) is 2.50. The summed E-state index contributed by atoms with van der Waals surface area (Å²) in [6, 6.07) is 15.3. The van der Waals surface area contributed by atoms with E-state index in [1.165, 1.54) is 22.8 Å². The largest absolute Gasteiger partial charge is 0.299 e. The fraction of sp³-hybridized carbons (Fsp3) is 0.476. The van der Waals surface area contributed by atoms with Crippen LogP contribution in [-0.2, 0) is 10.2 Å². The van der Waals surface area contributed by atoms with Crippen molar-refractivity contribution in [2.24, 2.45) is 0 Å². The first-order chi connectivity index (χ1) is 11.1. The molecule has 2 nitrogen and oxygen atoms in total. The smallest absolute Gasteiger partial charge is 0.150 e. The summed E-state index contributed by atoms with van der Waals surface area (Å²) in [4.78, 5) is 15.0. The normalized spacial score (nSPS) is 17.9. The molecular formula is C21H27NO. The SMILES string of the molecule is CCCC(=O)C(N(C)C)C1(c2ccc3ccccc3c2)CCC1. The second-order valence-corrected chi connectivity index (χ2v) is 7.15. The second kappa shape index (κ2) is 6.45. The van der Waals surface area contributed by atoms with Crippen molar-refractivity contribution in [1.29, 1.82) is 0 Å². The van der Waals surface area contributed by atoms with E-state index in [0.717, 1.165) is 19.3 Å². The molecule has 1 saturated carbocycles. The first-order valence-electron chi connectivity index (χ1n) is 8.77. The molecule has 0 amide bonds. The topological polar surface area (TPSA) is 20.3 Å². The van der Waals surface area contributed by atoms with E-state index in [4.69, 9.17) is 0 Å². The summed E-state index contributed by atoms with van der Waals surface area (Å²) in [5.41, 5.74) is 1.34. The van der Waals surface area contributed by atoms with Crippen molar-refractivity contribution in [3.63, 3.8) is 0 Å². The fourth-order valence-corrected chi connectivity index (χ4v) is 4.25. The minimum absolute atomic E-state index is 0.000214. The summed E-state index contributed by atoms with van der Waals surface area (Å²) in [5, 5.41) is 2.55. The van der Waals surface area contributed by atoms with Crippen LogP contribution in [0.1, 0.15) is 44.6 Å². The summed E-state index contributed by atoms with van der Waals surface area (Å²) >= 11 is 0. The van der Waals surface area contributed by atoms with Crippen molar-refractivity contribution >= 4 is 16.6 Å². The molecule has 0 aliphatic heterocycles. The quantitative estimate of drug-likeness (QED) is 0.779. The second-order valence-electron chi connectivity index (χ2n) is 7.15. The van der Waals surface area contributed by atoms with Crippen LogP contribution in [0.2, 0.25) is 0 Å². The number of hydrogen-bond donors (Lipinski definition) is 0. The van der Waals surface area contributed by atoms with Crippen molar-refractivity contribution in [3.05, 3.63) is 48.0 Å². The van der Waals surface area contributed by atoms with Crippen molar-refractivity contribution in [3.8, 4) is 0 Å². The summed E-state index contributed by atoms with van der Waals surface area (Å²) < 4.78 is 0. The maximum absolute atomic E-state index is 12.8. The highest BCUT2D eigenvalue weighted by molar-refractivity contribution is 5.87. The van der Waals surface area contributed by atoms with Gasteiger partial charge in [0, 0.05) is 11.8 Å². The van der Waals surface area contributed by atoms with Gasteiger partial charge in [-0.3, -0.25) is 9.69 Å². The van der Waals surface area contributed by atoms with Crippen LogP contribution in [0, 0.1) is 0 Å². The van der Waals surface area contributed by atoms with Crippen LogP contribution in [0.4, 0.5) is 0 Å². The number of nitrogens with zero attached hydrogens (tertiary/aromatic N) is 1. The molecule has 0 saturated heterocycles. The molecule has 3 rings (SSSR count). The van der Waals surface area contributed by atoms with Crippen molar-refractivity contribution in [2.75, 3.05) is 14.1 Å². The Hall–Kier alpha value is -1.67. The van der Waals surface area contributed by atoms with Crippen LogP contribution in [0.3, 0.4) is 0 Å². The summed E-state index contributed by atoms with van der Waals surface area (Å²) in [5.74, 6) is 0.394. The van der Waals surface area contributed by atoms with Gasteiger partial charge in [-0.1, -0.05) is 55.8 Å². The van der Waals surface area contributed by atoms with Crippen molar-refractivity contribution in [2.45, 2.75) is 50.5 Å². The lowest BCUT2D eigenvalue weighted by molar-refractivity contribution is -0.127. The first-order valence-corrected chi connectivity index (χ1v) is 8.77. The first kappa shape index (κ1) is 16.2. The Morgan fingerprint density at radius 3 is 2.39 bits per heavy atom. The lowest BCUT2D eigenvalue weighted by Gasteiger charge is -2.50. The van der Waals surface area contributed by atoms with Crippen molar-refractivity contribution < 1.29 is 4.79 Å². The third kappa shape index (κ3) is 2.81. The van der Waals surface area contributed by atoms with Crippen LogP contribution >= 0.6 is 0 Å². The van der Waals surface area contributed by atoms with Gasteiger partial charge in [-0.25, -0.2) is 0 Å². The van der Waals surface area contributed by atoms with Crippen LogP contribution in [0.5, 0.6) is 0 Å². The maximum atomic E-state index is 12.8. The van der Waals surface area contributed by atoms with E-state index in [-0.39, 0.29) is 11.5 Å². The minimum atomic E-state index is -0.00244. The average molecular weight is 309 g/mol. The Morgan fingerprint density at radius 2 is 1.83 bits per heavy atom. The zero-order valence-electron chi connectivity index (χ0n) is 14.5. The van der Waals surface area contributed by atoms with Gasteiger partial charge >= 0.3 is 0 Å². The van der Waals surface area contributed by atoms with Gasteiger partial charge in [-0.15, -0.1) is 0 Å². The molecule has 2 heteroatoms. The van der Waals surface area contributed by atoms with Crippen LogP contribution < -0.4 is 0 Å². The Kier molecular flexibility index (Phi) is 4.54. The van der Waals surface area contributed by atoms with Crippen LogP contribution in [0.25, 0.3) is 10.8 Å². The van der Waals surface area contributed by atoms with Gasteiger partial charge in [-0.2, -0.15) is 0 Å². The molecule has 23 heavy (non-hydrogen) atoms.